The van der Waals surface area contributed by atoms with Crippen LogP contribution in [0.4, 0.5) is 5.95 Å². The molecular weight excluding hydrogens is 234 g/mol. The van der Waals surface area contributed by atoms with Crippen LogP contribution in [0.25, 0.3) is 0 Å². The second kappa shape index (κ2) is 5.05. The van der Waals surface area contributed by atoms with Crippen molar-refractivity contribution in [3.8, 4) is 5.88 Å². The molecule has 0 saturated carbocycles. The van der Waals surface area contributed by atoms with Crippen LogP contribution in [-0.2, 0) is 0 Å². The summed E-state index contributed by atoms with van der Waals surface area (Å²) in [6.45, 7) is 2.05. The van der Waals surface area contributed by atoms with Gasteiger partial charge >= 0.3 is 0 Å². The highest BCUT2D eigenvalue weighted by molar-refractivity contribution is 7.99. The monoisotopic (exact) mass is 247 g/mol. The number of nitrogen functional groups attached to an aromatic ring is 1. The predicted octanol–water partition coefficient (Wildman–Crippen LogP) is 2.53. The second-order valence-electron chi connectivity index (χ2n) is 3.53. The lowest BCUT2D eigenvalue weighted by molar-refractivity contribution is 0.396. The minimum atomic E-state index is 0.222. The first kappa shape index (κ1) is 11.7. The smallest absolute Gasteiger partial charge is 0.224 e. The molecule has 1 aromatic heterocycles. The summed E-state index contributed by atoms with van der Waals surface area (Å²) in [6, 6.07) is 9.96. The summed E-state index contributed by atoms with van der Waals surface area (Å²) in [5.41, 5.74) is 6.82. The van der Waals surface area contributed by atoms with Crippen molar-refractivity contribution in [3.05, 3.63) is 35.9 Å². The maximum atomic E-state index is 5.60. The molecule has 2 aromatic rings. The van der Waals surface area contributed by atoms with Crippen molar-refractivity contribution in [1.82, 2.24) is 9.97 Å². The largest absolute Gasteiger partial charge is 0.481 e. The molecular formula is C12H13N3OS. The average Bonchev–Trinajstić information content (AvgIpc) is 2.28. The lowest BCUT2D eigenvalue weighted by atomic mass is 10.2. The van der Waals surface area contributed by atoms with Gasteiger partial charge in [0, 0.05) is 11.0 Å². The lowest BCUT2D eigenvalue weighted by Gasteiger charge is -2.05. The van der Waals surface area contributed by atoms with Gasteiger partial charge in [0.2, 0.25) is 11.8 Å². The van der Waals surface area contributed by atoms with Crippen molar-refractivity contribution in [3.63, 3.8) is 0 Å². The first-order valence-corrected chi connectivity index (χ1v) is 5.92. The van der Waals surface area contributed by atoms with Gasteiger partial charge in [-0.2, -0.15) is 4.98 Å². The minimum Gasteiger partial charge on any atom is -0.481 e. The molecule has 0 aliphatic carbocycles. The van der Waals surface area contributed by atoms with E-state index >= 15 is 0 Å². The van der Waals surface area contributed by atoms with E-state index in [1.807, 2.05) is 12.1 Å². The van der Waals surface area contributed by atoms with E-state index in [1.165, 1.54) is 17.3 Å². The van der Waals surface area contributed by atoms with Crippen LogP contribution in [0.15, 0.2) is 40.3 Å². The van der Waals surface area contributed by atoms with E-state index in [0.29, 0.717) is 5.88 Å². The number of hydrogen-bond acceptors (Lipinski definition) is 5. The number of methoxy groups -OCH3 is 1. The van der Waals surface area contributed by atoms with Gasteiger partial charge in [-0.1, -0.05) is 29.5 Å². The molecule has 0 radical (unpaired) electrons. The third kappa shape index (κ3) is 3.10. The standard InChI is InChI=1S/C12H13N3OS/c1-8-4-3-5-9(6-8)17-11-7-10(16-2)14-12(13)15-11/h3-7H,1-2H3,(H2,13,14,15). The summed E-state index contributed by atoms with van der Waals surface area (Å²) in [5.74, 6) is 0.701. The molecule has 0 unspecified atom stereocenters. The topological polar surface area (TPSA) is 61.0 Å². The van der Waals surface area contributed by atoms with Gasteiger partial charge in [0.25, 0.3) is 0 Å². The molecule has 0 aliphatic heterocycles. The Balaban J connectivity index is 2.26. The molecule has 88 valence electrons. The van der Waals surface area contributed by atoms with Crippen molar-refractivity contribution >= 4 is 17.7 Å². The van der Waals surface area contributed by atoms with Crippen LogP contribution in [0, 0.1) is 6.92 Å². The van der Waals surface area contributed by atoms with Gasteiger partial charge in [0.05, 0.1) is 7.11 Å². The fourth-order valence-electron chi connectivity index (χ4n) is 1.38. The molecule has 0 spiro atoms. The van der Waals surface area contributed by atoms with E-state index < -0.39 is 0 Å². The van der Waals surface area contributed by atoms with Crippen molar-refractivity contribution in [2.75, 3.05) is 12.8 Å². The fraction of sp³-hybridized carbons (Fsp3) is 0.167. The normalized spacial score (nSPS) is 10.2. The Morgan fingerprint density at radius 1 is 1.24 bits per heavy atom. The average molecular weight is 247 g/mol. The van der Waals surface area contributed by atoms with E-state index in [0.717, 1.165) is 9.92 Å². The maximum Gasteiger partial charge on any atom is 0.224 e. The van der Waals surface area contributed by atoms with Gasteiger partial charge in [0.15, 0.2) is 0 Å². The van der Waals surface area contributed by atoms with E-state index in [2.05, 4.69) is 29.0 Å². The summed E-state index contributed by atoms with van der Waals surface area (Å²) >= 11 is 1.53. The van der Waals surface area contributed by atoms with Gasteiger partial charge < -0.3 is 10.5 Å². The Morgan fingerprint density at radius 3 is 2.76 bits per heavy atom. The van der Waals surface area contributed by atoms with Gasteiger partial charge in [-0.15, -0.1) is 0 Å². The van der Waals surface area contributed by atoms with Crippen LogP contribution >= 0.6 is 11.8 Å². The van der Waals surface area contributed by atoms with Gasteiger partial charge in [-0.05, 0) is 19.1 Å². The van der Waals surface area contributed by atoms with Crippen molar-refractivity contribution in [2.24, 2.45) is 0 Å². The summed E-state index contributed by atoms with van der Waals surface area (Å²) < 4.78 is 5.05. The molecule has 0 bridgehead atoms. The van der Waals surface area contributed by atoms with E-state index in [-0.39, 0.29) is 5.95 Å². The number of hydrogen-bond donors (Lipinski definition) is 1. The van der Waals surface area contributed by atoms with Crippen molar-refractivity contribution < 1.29 is 4.74 Å². The highest BCUT2D eigenvalue weighted by Crippen LogP contribution is 2.28. The lowest BCUT2D eigenvalue weighted by Crippen LogP contribution is -1.98. The molecule has 0 saturated heterocycles. The molecule has 0 amide bonds. The molecule has 5 heteroatoms. The second-order valence-corrected chi connectivity index (χ2v) is 4.62. The van der Waals surface area contributed by atoms with Crippen LogP contribution in [0.3, 0.4) is 0 Å². The third-order valence-corrected chi connectivity index (χ3v) is 3.03. The zero-order valence-corrected chi connectivity index (χ0v) is 10.5. The fourth-order valence-corrected chi connectivity index (χ4v) is 2.31. The number of aryl methyl sites for hydroxylation is 1. The summed E-state index contributed by atoms with van der Waals surface area (Å²) in [4.78, 5) is 9.21. The van der Waals surface area contributed by atoms with Crippen molar-refractivity contribution in [2.45, 2.75) is 16.8 Å². The maximum absolute atomic E-state index is 5.60. The molecule has 2 N–H and O–H groups in total. The number of ether oxygens (including phenoxy) is 1. The molecule has 4 nitrogen and oxygen atoms in total. The molecule has 0 atom stereocenters. The highest BCUT2D eigenvalue weighted by atomic mass is 32.2. The summed E-state index contributed by atoms with van der Waals surface area (Å²) in [5, 5.41) is 0.778. The number of anilines is 1. The Hall–Kier alpha value is -1.75. The summed E-state index contributed by atoms with van der Waals surface area (Å²) in [7, 11) is 1.56. The van der Waals surface area contributed by atoms with Gasteiger partial charge in [0.1, 0.15) is 5.03 Å². The molecule has 17 heavy (non-hydrogen) atoms. The molecule has 1 aromatic carbocycles. The van der Waals surface area contributed by atoms with Crippen LogP contribution < -0.4 is 10.5 Å². The Labute approximate surface area is 104 Å². The summed E-state index contributed by atoms with van der Waals surface area (Å²) in [6.07, 6.45) is 0. The SMILES string of the molecule is COc1cc(Sc2cccc(C)c2)nc(N)n1. The Morgan fingerprint density at radius 2 is 2.06 bits per heavy atom. The van der Waals surface area contributed by atoms with Crippen molar-refractivity contribution in [1.29, 1.82) is 0 Å². The van der Waals surface area contributed by atoms with Gasteiger partial charge in [-0.25, -0.2) is 4.98 Å². The number of nitrogens with two attached hydrogens (primary N) is 1. The minimum absolute atomic E-state index is 0.222. The molecule has 0 aliphatic rings. The predicted molar refractivity (Wildman–Crippen MR) is 68.3 cm³/mol. The first-order valence-electron chi connectivity index (χ1n) is 5.10. The van der Waals surface area contributed by atoms with Crippen LogP contribution in [0.1, 0.15) is 5.56 Å². The van der Waals surface area contributed by atoms with E-state index in [4.69, 9.17) is 10.5 Å². The van der Waals surface area contributed by atoms with Crippen LogP contribution in [0.5, 0.6) is 5.88 Å². The molecule has 0 fully saturated rings. The molecule has 2 rings (SSSR count). The van der Waals surface area contributed by atoms with Crippen LogP contribution in [-0.4, -0.2) is 17.1 Å². The Kier molecular flexibility index (Phi) is 3.49. The zero-order chi connectivity index (χ0) is 12.3. The zero-order valence-electron chi connectivity index (χ0n) is 9.68. The van der Waals surface area contributed by atoms with E-state index in [9.17, 15) is 0 Å². The quantitative estimate of drug-likeness (QED) is 0.844. The number of benzene rings is 1. The number of aromatic nitrogens is 2. The number of nitrogens with zero attached hydrogens (tertiary/aromatic N) is 2. The van der Waals surface area contributed by atoms with E-state index in [1.54, 1.807) is 13.2 Å². The highest BCUT2D eigenvalue weighted by Gasteiger charge is 2.04. The first-order chi connectivity index (χ1) is 8.17. The van der Waals surface area contributed by atoms with Gasteiger partial charge in [-0.3, -0.25) is 0 Å². The van der Waals surface area contributed by atoms with Crippen LogP contribution in [0.2, 0.25) is 0 Å². The third-order valence-electron chi connectivity index (χ3n) is 2.12. The molecule has 1 heterocycles. The Bertz CT molecular complexity index is 531. The number of rotatable bonds is 3.